The number of hydrogen-bond acceptors (Lipinski definition) is 4. The number of aryl methyl sites for hydroxylation is 1. The first-order valence-electron chi connectivity index (χ1n) is 10.1. The molecule has 0 saturated heterocycles. The summed E-state index contributed by atoms with van der Waals surface area (Å²) in [5.74, 6) is -0.343. The molecule has 0 spiro atoms. The summed E-state index contributed by atoms with van der Waals surface area (Å²) in [6, 6.07) is 11.5. The van der Waals surface area contributed by atoms with Crippen molar-refractivity contribution in [1.29, 1.82) is 0 Å². The fraction of sp³-hybridized carbons (Fsp3) is 0.435. The zero-order valence-corrected chi connectivity index (χ0v) is 16.6. The van der Waals surface area contributed by atoms with Gasteiger partial charge in [-0.25, -0.2) is 0 Å². The van der Waals surface area contributed by atoms with Gasteiger partial charge in [-0.05, 0) is 54.9 Å². The van der Waals surface area contributed by atoms with Gasteiger partial charge in [0, 0.05) is 25.3 Å². The average Bonchev–Trinajstić information content (AvgIpc) is 2.95. The third-order valence-electron chi connectivity index (χ3n) is 5.91. The monoisotopic (exact) mass is 377 g/mol. The first-order chi connectivity index (χ1) is 13.5. The summed E-state index contributed by atoms with van der Waals surface area (Å²) in [6.07, 6.45) is 5.99. The lowest BCUT2D eigenvalue weighted by Crippen LogP contribution is -2.38. The van der Waals surface area contributed by atoms with E-state index in [1.54, 1.807) is 24.3 Å². The molecule has 0 bridgehead atoms. The van der Waals surface area contributed by atoms with Crippen molar-refractivity contribution >= 4 is 11.8 Å². The van der Waals surface area contributed by atoms with E-state index in [1.165, 1.54) is 22.6 Å². The number of fused-ring (bicyclic) bond motifs is 2. The molecule has 1 aliphatic carbocycles. The van der Waals surface area contributed by atoms with E-state index in [9.17, 15) is 9.59 Å². The van der Waals surface area contributed by atoms with Gasteiger partial charge >= 0.3 is 0 Å². The van der Waals surface area contributed by atoms with E-state index in [-0.39, 0.29) is 23.3 Å². The predicted octanol–water partition coefficient (Wildman–Crippen LogP) is 3.76. The molecule has 2 aliphatic rings. The van der Waals surface area contributed by atoms with Crippen molar-refractivity contribution in [3.8, 4) is 0 Å². The number of benzene rings is 1. The van der Waals surface area contributed by atoms with Crippen molar-refractivity contribution in [2.75, 3.05) is 13.1 Å². The molecular weight excluding hydrogens is 350 g/mol. The maximum Gasteiger partial charge on any atom is 0.261 e. The molecule has 0 unspecified atom stereocenters. The topological polar surface area (TPSA) is 62.3 Å². The minimum Gasteiger partial charge on any atom is -0.308 e. The van der Waals surface area contributed by atoms with Crippen molar-refractivity contribution in [1.82, 2.24) is 15.2 Å². The van der Waals surface area contributed by atoms with Crippen LogP contribution in [0.1, 0.15) is 71.1 Å². The van der Waals surface area contributed by atoms with Gasteiger partial charge in [0.25, 0.3) is 11.8 Å². The van der Waals surface area contributed by atoms with Gasteiger partial charge in [0.1, 0.15) is 0 Å². The van der Waals surface area contributed by atoms with E-state index in [2.05, 4.69) is 30.2 Å². The molecule has 4 rings (SSSR count). The minimum absolute atomic E-state index is 0.0400. The molecule has 2 aromatic rings. The summed E-state index contributed by atoms with van der Waals surface area (Å²) >= 11 is 0. The maximum absolute atomic E-state index is 12.5. The number of nitrogens with one attached hydrogen (secondary N) is 1. The third-order valence-corrected chi connectivity index (χ3v) is 5.91. The van der Waals surface area contributed by atoms with Crippen LogP contribution in [0.25, 0.3) is 0 Å². The van der Waals surface area contributed by atoms with E-state index in [1.807, 2.05) is 12.3 Å². The molecule has 1 aromatic heterocycles. The van der Waals surface area contributed by atoms with Crippen LogP contribution in [0.2, 0.25) is 0 Å². The molecule has 2 heterocycles. The molecule has 0 radical (unpaired) electrons. The summed E-state index contributed by atoms with van der Waals surface area (Å²) in [6.45, 7) is 5.62. The first-order valence-corrected chi connectivity index (χ1v) is 10.1. The van der Waals surface area contributed by atoms with Crippen molar-refractivity contribution in [3.63, 3.8) is 0 Å². The highest BCUT2D eigenvalue weighted by Gasteiger charge is 2.36. The van der Waals surface area contributed by atoms with Gasteiger partial charge in [0.05, 0.1) is 16.8 Å². The molecule has 1 atom stereocenters. The van der Waals surface area contributed by atoms with Crippen molar-refractivity contribution in [3.05, 3.63) is 65.0 Å². The van der Waals surface area contributed by atoms with Crippen LogP contribution in [0.15, 0.2) is 42.6 Å². The normalized spacial score (nSPS) is 18.9. The van der Waals surface area contributed by atoms with Crippen LogP contribution >= 0.6 is 0 Å². The molecule has 0 fully saturated rings. The zero-order chi connectivity index (χ0) is 19.7. The fourth-order valence-electron chi connectivity index (χ4n) is 4.15. The summed E-state index contributed by atoms with van der Waals surface area (Å²) in [4.78, 5) is 31.1. The maximum atomic E-state index is 12.5. The Bertz CT molecular complexity index is 871. The zero-order valence-electron chi connectivity index (χ0n) is 16.6. The number of imide groups is 1. The molecule has 0 saturated carbocycles. The van der Waals surface area contributed by atoms with E-state index in [0.29, 0.717) is 17.7 Å². The van der Waals surface area contributed by atoms with E-state index in [4.69, 9.17) is 0 Å². The Hall–Kier alpha value is -2.53. The quantitative estimate of drug-likeness (QED) is 0.779. The van der Waals surface area contributed by atoms with Crippen LogP contribution in [-0.4, -0.2) is 34.8 Å². The fourth-order valence-corrected chi connectivity index (χ4v) is 4.15. The number of aromatic nitrogens is 1. The van der Waals surface area contributed by atoms with Crippen LogP contribution in [0.4, 0.5) is 0 Å². The molecule has 5 heteroatoms. The Morgan fingerprint density at radius 3 is 2.54 bits per heavy atom. The van der Waals surface area contributed by atoms with Crippen LogP contribution in [-0.2, 0) is 6.42 Å². The van der Waals surface area contributed by atoms with Crippen LogP contribution in [0, 0.1) is 5.41 Å². The summed E-state index contributed by atoms with van der Waals surface area (Å²) in [5, 5.41) is 3.68. The van der Waals surface area contributed by atoms with Gasteiger partial charge in [-0.15, -0.1) is 0 Å². The Labute approximate surface area is 166 Å². The highest BCUT2D eigenvalue weighted by atomic mass is 16.2. The lowest BCUT2D eigenvalue weighted by molar-refractivity contribution is 0.0634. The molecule has 2 amide bonds. The number of hydrogen-bond donors (Lipinski definition) is 1. The second-order valence-electron chi connectivity index (χ2n) is 8.60. The van der Waals surface area contributed by atoms with E-state index < -0.39 is 0 Å². The lowest BCUT2D eigenvalue weighted by atomic mass is 9.87. The van der Waals surface area contributed by atoms with E-state index in [0.717, 1.165) is 25.8 Å². The van der Waals surface area contributed by atoms with Crippen LogP contribution in [0.3, 0.4) is 0 Å². The second kappa shape index (κ2) is 7.47. The Balaban J connectivity index is 1.36. The van der Waals surface area contributed by atoms with Crippen molar-refractivity contribution < 1.29 is 9.59 Å². The Morgan fingerprint density at radius 2 is 1.82 bits per heavy atom. The highest BCUT2D eigenvalue weighted by Crippen LogP contribution is 2.30. The van der Waals surface area contributed by atoms with Gasteiger partial charge in [-0.1, -0.05) is 32.0 Å². The van der Waals surface area contributed by atoms with Gasteiger partial charge in [0.15, 0.2) is 0 Å². The van der Waals surface area contributed by atoms with Gasteiger partial charge in [-0.3, -0.25) is 19.5 Å². The molecule has 146 valence electrons. The smallest absolute Gasteiger partial charge is 0.261 e. The molecule has 28 heavy (non-hydrogen) atoms. The lowest BCUT2D eigenvalue weighted by Gasteiger charge is -2.31. The van der Waals surface area contributed by atoms with Crippen LogP contribution < -0.4 is 5.32 Å². The number of carbonyl (C=O) groups is 2. The number of amides is 2. The molecule has 1 N–H and O–H groups in total. The summed E-state index contributed by atoms with van der Waals surface area (Å²) in [5.41, 5.74) is 3.52. The third kappa shape index (κ3) is 3.59. The van der Waals surface area contributed by atoms with Crippen molar-refractivity contribution in [2.45, 2.75) is 45.6 Å². The molecule has 5 nitrogen and oxygen atoms in total. The number of carbonyl (C=O) groups excluding carboxylic acids is 2. The number of rotatable bonds is 6. The van der Waals surface area contributed by atoms with Gasteiger partial charge in [-0.2, -0.15) is 0 Å². The molecule has 1 aliphatic heterocycles. The molecule has 1 aromatic carbocycles. The summed E-state index contributed by atoms with van der Waals surface area (Å²) in [7, 11) is 0. The van der Waals surface area contributed by atoms with Gasteiger partial charge in [0.2, 0.25) is 0 Å². The Kier molecular flexibility index (Phi) is 5.02. The average molecular weight is 377 g/mol. The SMILES string of the molecule is CC(C)(CCN1C(=O)c2ccccc2C1=O)CN[C@H]1CCCc2cccnc21. The number of pyridine rings is 1. The Morgan fingerprint density at radius 1 is 1.11 bits per heavy atom. The minimum atomic E-state index is -0.172. The number of nitrogens with zero attached hydrogens (tertiary/aromatic N) is 2. The van der Waals surface area contributed by atoms with Gasteiger partial charge < -0.3 is 5.32 Å². The standard InChI is InChI=1S/C23H27N3O2/c1-23(2,15-25-19-11-5-7-16-8-6-13-24-20(16)19)12-14-26-21(27)17-9-3-4-10-18(17)22(26)28/h3-4,6,8-10,13,19,25H,5,7,11-12,14-15H2,1-2H3/t19-/m0/s1. The van der Waals surface area contributed by atoms with Crippen molar-refractivity contribution in [2.24, 2.45) is 5.41 Å². The first kappa shape index (κ1) is 18.8. The summed E-state index contributed by atoms with van der Waals surface area (Å²) < 4.78 is 0. The van der Waals surface area contributed by atoms with E-state index >= 15 is 0 Å². The largest absolute Gasteiger partial charge is 0.308 e. The second-order valence-corrected chi connectivity index (χ2v) is 8.60. The molecular formula is C23H27N3O2. The predicted molar refractivity (Wildman–Crippen MR) is 108 cm³/mol. The highest BCUT2D eigenvalue weighted by molar-refractivity contribution is 6.21. The van der Waals surface area contributed by atoms with Crippen LogP contribution in [0.5, 0.6) is 0 Å².